The summed E-state index contributed by atoms with van der Waals surface area (Å²) in [5.41, 5.74) is 0.939. The molecule has 27 heavy (non-hydrogen) atoms. The lowest BCUT2D eigenvalue weighted by atomic mass is 10.1. The van der Waals surface area contributed by atoms with Gasteiger partial charge in [0.1, 0.15) is 11.9 Å². The normalized spacial score (nSPS) is 20.0. The van der Waals surface area contributed by atoms with E-state index in [0.717, 1.165) is 30.6 Å². The molecule has 8 nitrogen and oxygen atoms in total. The molecule has 0 N–H and O–H groups in total. The first-order chi connectivity index (χ1) is 13.1. The van der Waals surface area contributed by atoms with Crippen LogP contribution in [0.5, 0.6) is 17.5 Å². The van der Waals surface area contributed by atoms with Crippen LogP contribution in [0.4, 0.5) is 0 Å². The number of piperidine rings is 1. The van der Waals surface area contributed by atoms with E-state index < -0.39 is 10.0 Å². The van der Waals surface area contributed by atoms with Crippen molar-refractivity contribution in [3.8, 4) is 17.5 Å². The molecule has 1 aromatic carbocycles. The van der Waals surface area contributed by atoms with Crippen molar-refractivity contribution in [2.75, 3.05) is 26.8 Å². The molecule has 144 valence electrons. The van der Waals surface area contributed by atoms with Gasteiger partial charge in [-0.15, -0.1) is 10.2 Å². The summed E-state index contributed by atoms with van der Waals surface area (Å²) in [6.45, 7) is 1.36. The molecule has 0 amide bonds. The summed E-state index contributed by atoms with van der Waals surface area (Å²) in [6, 6.07) is 8.39. The van der Waals surface area contributed by atoms with Crippen LogP contribution in [-0.4, -0.2) is 55.8 Å². The molecule has 4 rings (SSSR count). The molecule has 0 bridgehead atoms. The second-order valence-corrected chi connectivity index (χ2v) is 8.46. The molecule has 2 aliphatic rings. The highest BCUT2D eigenvalue weighted by atomic mass is 32.2. The number of sulfonamides is 1. The molecule has 0 aliphatic carbocycles. The zero-order valence-corrected chi connectivity index (χ0v) is 15.8. The van der Waals surface area contributed by atoms with E-state index in [1.807, 2.05) is 0 Å². The summed E-state index contributed by atoms with van der Waals surface area (Å²) in [5, 5.41) is 7.82. The van der Waals surface area contributed by atoms with Crippen molar-refractivity contribution in [1.82, 2.24) is 14.5 Å². The lowest BCUT2D eigenvalue weighted by molar-refractivity contribution is 0.123. The van der Waals surface area contributed by atoms with E-state index in [1.54, 1.807) is 30.3 Å². The van der Waals surface area contributed by atoms with Crippen molar-refractivity contribution in [2.45, 2.75) is 30.3 Å². The first-order valence-electron chi connectivity index (χ1n) is 8.86. The number of hydrogen-bond acceptors (Lipinski definition) is 7. The van der Waals surface area contributed by atoms with E-state index >= 15 is 0 Å². The summed E-state index contributed by atoms with van der Waals surface area (Å²) < 4.78 is 43.9. The largest absolute Gasteiger partial charge is 0.493 e. The van der Waals surface area contributed by atoms with Crippen LogP contribution < -0.4 is 14.2 Å². The summed E-state index contributed by atoms with van der Waals surface area (Å²) in [5.74, 6) is 1.53. The molecule has 1 fully saturated rings. The Morgan fingerprint density at radius 2 is 2.00 bits per heavy atom. The van der Waals surface area contributed by atoms with E-state index in [-0.39, 0.29) is 12.6 Å². The minimum absolute atomic E-state index is 0.269. The number of methoxy groups -OCH3 is 1. The van der Waals surface area contributed by atoms with E-state index in [9.17, 15) is 8.42 Å². The predicted octanol–water partition coefficient (Wildman–Crippen LogP) is 1.65. The number of fused-ring (bicyclic) bond motifs is 1. The molecule has 0 saturated carbocycles. The van der Waals surface area contributed by atoms with Crippen LogP contribution in [-0.2, 0) is 16.4 Å². The molecule has 1 saturated heterocycles. The first-order valence-corrected chi connectivity index (χ1v) is 10.3. The lowest BCUT2D eigenvalue weighted by Gasteiger charge is -2.31. The summed E-state index contributed by atoms with van der Waals surface area (Å²) in [6.07, 6.45) is 1.95. The van der Waals surface area contributed by atoms with Gasteiger partial charge in [0.05, 0.1) is 25.2 Å². The van der Waals surface area contributed by atoms with Gasteiger partial charge in [0.15, 0.2) is 0 Å². The van der Waals surface area contributed by atoms with Crippen molar-refractivity contribution in [3.05, 3.63) is 35.9 Å². The zero-order valence-electron chi connectivity index (χ0n) is 15.0. The van der Waals surface area contributed by atoms with Gasteiger partial charge in [-0.3, -0.25) is 0 Å². The molecule has 1 unspecified atom stereocenters. The van der Waals surface area contributed by atoms with Gasteiger partial charge in [0, 0.05) is 25.1 Å². The van der Waals surface area contributed by atoms with Crippen LogP contribution >= 0.6 is 0 Å². The SMILES string of the molecule is COc1ccc(OC2CCCN(S(=O)(=O)c3ccc4c(c3)CCO4)C2)nn1. The smallest absolute Gasteiger partial charge is 0.243 e. The Kier molecular flexibility index (Phi) is 4.88. The monoisotopic (exact) mass is 391 g/mol. The van der Waals surface area contributed by atoms with Crippen LogP contribution in [0.2, 0.25) is 0 Å². The van der Waals surface area contributed by atoms with Gasteiger partial charge in [0.25, 0.3) is 0 Å². The number of benzene rings is 1. The third-order valence-electron chi connectivity index (χ3n) is 4.75. The number of nitrogens with zero attached hydrogens (tertiary/aromatic N) is 3. The Hall–Kier alpha value is -2.39. The van der Waals surface area contributed by atoms with Crippen LogP contribution in [0, 0.1) is 0 Å². The van der Waals surface area contributed by atoms with E-state index in [0.29, 0.717) is 29.8 Å². The average Bonchev–Trinajstić information content (AvgIpc) is 3.17. The van der Waals surface area contributed by atoms with Crippen LogP contribution in [0.15, 0.2) is 35.2 Å². The van der Waals surface area contributed by atoms with Crippen molar-refractivity contribution in [1.29, 1.82) is 0 Å². The maximum atomic E-state index is 13.1. The van der Waals surface area contributed by atoms with Gasteiger partial charge in [-0.05, 0) is 36.6 Å². The van der Waals surface area contributed by atoms with Gasteiger partial charge < -0.3 is 14.2 Å². The fourth-order valence-corrected chi connectivity index (χ4v) is 4.90. The standard InChI is InChI=1S/C18H21N3O5S/c1-24-17-6-7-18(20-19-17)26-14-3-2-9-21(12-14)27(22,23)15-4-5-16-13(11-15)8-10-25-16/h4-7,11,14H,2-3,8-10,12H2,1H3. The maximum Gasteiger partial charge on any atom is 0.243 e. The number of aromatic nitrogens is 2. The lowest BCUT2D eigenvalue weighted by Crippen LogP contribution is -2.44. The number of hydrogen-bond donors (Lipinski definition) is 0. The quantitative estimate of drug-likeness (QED) is 0.765. The molecule has 9 heteroatoms. The summed E-state index contributed by atoms with van der Waals surface area (Å²) >= 11 is 0. The Labute approximate surface area is 158 Å². The van der Waals surface area contributed by atoms with Crippen LogP contribution in [0.25, 0.3) is 0 Å². The zero-order chi connectivity index (χ0) is 18.9. The Morgan fingerprint density at radius 3 is 2.78 bits per heavy atom. The van der Waals surface area contributed by atoms with E-state index in [1.165, 1.54) is 11.4 Å². The Bertz CT molecular complexity index is 917. The highest BCUT2D eigenvalue weighted by Gasteiger charge is 2.32. The third-order valence-corrected chi connectivity index (χ3v) is 6.61. The van der Waals surface area contributed by atoms with Gasteiger partial charge in [-0.1, -0.05) is 0 Å². The van der Waals surface area contributed by atoms with E-state index in [4.69, 9.17) is 14.2 Å². The van der Waals surface area contributed by atoms with Crippen molar-refractivity contribution in [3.63, 3.8) is 0 Å². The van der Waals surface area contributed by atoms with Crippen LogP contribution in [0.3, 0.4) is 0 Å². The minimum atomic E-state index is -3.58. The Balaban J connectivity index is 1.48. The topological polar surface area (TPSA) is 90.9 Å². The second kappa shape index (κ2) is 7.32. The molecule has 1 aromatic heterocycles. The fourth-order valence-electron chi connectivity index (χ4n) is 3.34. The average molecular weight is 391 g/mol. The molecule has 1 atom stereocenters. The molecule has 2 aliphatic heterocycles. The molecular weight excluding hydrogens is 370 g/mol. The van der Waals surface area contributed by atoms with Crippen molar-refractivity contribution >= 4 is 10.0 Å². The molecular formula is C18H21N3O5S. The fraction of sp³-hybridized carbons (Fsp3) is 0.444. The molecule has 2 aromatic rings. The second-order valence-electron chi connectivity index (χ2n) is 6.53. The van der Waals surface area contributed by atoms with Gasteiger partial charge in [-0.2, -0.15) is 4.31 Å². The summed E-state index contributed by atoms with van der Waals surface area (Å²) in [7, 11) is -2.06. The highest BCUT2D eigenvalue weighted by Crippen LogP contribution is 2.30. The van der Waals surface area contributed by atoms with Gasteiger partial charge in [-0.25, -0.2) is 8.42 Å². The first kappa shape index (κ1) is 18.0. The maximum absolute atomic E-state index is 13.1. The Morgan fingerprint density at radius 1 is 1.19 bits per heavy atom. The van der Waals surface area contributed by atoms with Crippen molar-refractivity contribution < 1.29 is 22.6 Å². The van der Waals surface area contributed by atoms with Gasteiger partial charge >= 0.3 is 0 Å². The predicted molar refractivity (Wildman–Crippen MR) is 96.6 cm³/mol. The number of ether oxygens (including phenoxy) is 3. The molecule has 0 radical (unpaired) electrons. The molecule has 0 spiro atoms. The highest BCUT2D eigenvalue weighted by molar-refractivity contribution is 7.89. The molecule has 3 heterocycles. The van der Waals surface area contributed by atoms with Crippen LogP contribution in [0.1, 0.15) is 18.4 Å². The minimum Gasteiger partial charge on any atom is -0.493 e. The van der Waals surface area contributed by atoms with Crippen molar-refractivity contribution in [2.24, 2.45) is 0 Å². The third kappa shape index (κ3) is 3.70. The van der Waals surface area contributed by atoms with Gasteiger partial charge in [0.2, 0.25) is 21.8 Å². The number of rotatable bonds is 5. The van der Waals surface area contributed by atoms with E-state index in [2.05, 4.69) is 10.2 Å². The summed E-state index contributed by atoms with van der Waals surface area (Å²) in [4.78, 5) is 0.302.